The summed E-state index contributed by atoms with van der Waals surface area (Å²) in [5.74, 6) is -0.435. The Hall–Kier alpha value is -3.20. The van der Waals surface area contributed by atoms with E-state index in [0.717, 1.165) is 54.6 Å². The molecule has 1 atom stereocenters. The summed E-state index contributed by atoms with van der Waals surface area (Å²) in [5.41, 5.74) is 4.60. The topological polar surface area (TPSA) is 119 Å². The van der Waals surface area contributed by atoms with E-state index < -0.39 is 12.1 Å². The molecule has 2 heterocycles. The molecule has 194 valence electrons. The molecule has 0 unspecified atom stereocenters. The minimum Gasteiger partial charge on any atom is -0.396 e. The van der Waals surface area contributed by atoms with E-state index >= 15 is 0 Å². The summed E-state index contributed by atoms with van der Waals surface area (Å²) in [4.78, 5) is 42.4. The molecule has 1 aliphatic carbocycles. The lowest BCUT2D eigenvalue weighted by molar-refractivity contribution is -0.128. The maximum atomic E-state index is 13.8. The molecule has 1 aromatic heterocycles. The number of likely N-dealkylation sites (tertiary alicyclic amines) is 1. The fraction of sp³-hybridized carbons (Fsp3) is 0.556. The number of aryl methyl sites for hydroxylation is 2. The molecular formula is C27H37N5O4. The highest BCUT2D eigenvalue weighted by molar-refractivity contribution is 6.01. The molecule has 2 aliphatic rings. The van der Waals surface area contributed by atoms with Crippen molar-refractivity contribution in [1.29, 1.82) is 0 Å². The van der Waals surface area contributed by atoms with Gasteiger partial charge in [0.1, 0.15) is 6.04 Å². The number of H-pyrrole nitrogens is 1. The summed E-state index contributed by atoms with van der Waals surface area (Å²) in [6, 6.07) is 6.51. The highest BCUT2D eigenvalue weighted by Gasteiger charge is 2.40. The molecule has 1 saturated carbocycles. The molecule has 36 heavy (non-hydrogen) atoms. The molecule has 2 aromatic rings. The van der Waals surface area contributed by atoms with Crippen LogP contribution in [0.2, 0.25) is 0 Å². The van der Waals surface area contributed by atoms with Crippen LogP contribution in [-0.4, -0.2) is 68.7 Å². The van der Waals surface area contributed by atoms with Crippen LogP contribution >= 0.6 is 0 Å². The Balaban J connectivity index is 1.58. The van der Waals surface area contributed by atoms with E-state index in [1.807, 2.05) is 38.1 Å². The van der Waals surface area contributed by atoms with E-state index in [2.05, 4.69) is 15.5 Å². The third-order valence-corrected chi connectivity index (χ3v) is 7.38. The van der Waals surface area contributed by atoms with E-state index in [9.17, 15) is 19.5 Å². The van der Waals surface area contributed by atoms with Crippen LogP contribution in [0.3, 0.4) is 0 Å². The lowest BCUT2D eigenvalue weighted by Gasteiger charge is -2.39. The van der Waals surface area contributed by atoms with Crippen molar-refractivity contribution < 1.29 is 19.5 Å². The van der Waals surface area contributed by atoms with Gasteiger partial charge < -0.3 is 15.3 Å². The van der Waals surface area contributed by atoms with Gasteiger partial charge >= 0.3 is 6.03 Å². The second kappa shape index (κ2) is 11.7. The molecular weight excluding hydrogens is 458 g/mol. The van der Waals surface area contributed by atoms with E-state index in [4.69, 9.17) is 0 Å². The van der Waals surface area contributed by atoms with Crippen molar-refractivity contribution in [2.24, 2.45) is 5.92 Å². The number of nitrogens with zero attached hydrogens (tertiary/aromatic N) is 3. The molecule has 1 aromatic carbocycles. The number of benzene rings is 1. The number of imide groups is 1. The van der Waals surface area contributed by atoms with Gasteiger partial charge in [-0.3, -0.25) is 19.6 Å². The predicted molar refractivity (Wildman–Crippen MR) is 137 cm³/mol. The lowest BCUT2D eigenvalue weighted by atomic mass is 9.82. The van der Waals surface area contributed by atoms with Crippen LogP contribution in [0.5, 0.6) is 0 Å². The predicted octanol–water partition coefficient (Wildman–Crippen LogP) is 4.01. The van der Waals surface area contributed by atoms with Gasteiger partial charge in [0.15, 0.2) is 0 Å². The average molecular weight is 496 g/mol. The summed E-state index contributed by atoms with van der Waals surface area (Å²) in [6.45, 7) is 4.44. The normalized spacial score (nSPS) is 17.3. The lowest BCUT2D eigenvalue weighted by Crippen LogP contribution is -2.56. The van der Waals surface area contributed by atoms with Crippen molar-refractivity contribution in [2.75, 3.05) is 25.0 Å². The van der Waals surface area contributed by atoms with Gasteiger partial charge in [-0.1, -0.05) is 31.4 Å². The van der Waals surface area contributed by atoms with Gasteiger partial charge in [-0.25, -0.2) is 4.79 Å². The summed E-state index contributed by atoms with van der Waals surface area (Å²) in [5, 5.41) is 19.8. The smallest absolute Gasteiger partial charge is 0.327 e. The Morgan fingerprint density at radius 2 is 1.89 bits per heavy atom. The number of aliphatic hydroxyl groups excluding tert-OH is 1. The number of carbonyl (C=O) groups excluding carboxylic acids is 3. The van der Waals surface area contributed by atoms with Gasteiger partial charge in [0.05, 0.1) is 5.69 Å². The van der Waals surface area contributed by atoms with Crippen LogP contribution in [0.15, 0.2) is 24.3 Å². The van der Waals surface area contributed by atoms with Crippen LogP contribution in [0, 0.1) is 19.8 Å². The van der Waals surface area contributed by atoms with Crippen molar-refractivity contribution in [2.45, 2.75) is 71.3 Å². The fourth-order valence-electron chi connectivity index (χ4n) is 5.57. The van der Waals surface area contributed by atoms with Gasteiger partial charge in [0.25, 0.3) is 0 Å². The number of rotatable bonds is 8. The maximum absolute atomic E-state index is 13.8. The second-order valence-electron chi connectivity index (χ2n) is 9.92. The fourth-order valence-corrected chi connectivity index (χ4v) is 5.57. The molecule has 9 heteroatoms. The third-order valence-electron chi connectivity index (χ3n) is 7.38. The zero-order valence-corrected chi connectivity index (χ0v) is 21.3. The van der Waals surface area contributed by atoms with Gasteiger partial charge in [-0.05, 0) is 63.1 Å². The second-order valence-corrected chi connectivity index (χ2v) is 9.92. The highest BCUT2D eigenvalue weighted by atomic mass is 16.3. The number of aliphatic hydroxyl groups is 1. The number of nitrogens with one attached hydrogen (secondary N) is 2. The molecule has 9 nitrogen and oxygen atoms in total. The number of urea groups is 1. The summed E-state index contributed by atoms with van der Waals surface area (Å²) in [7, 11) is 0. The highest BCUT2D eigenvalue weighted by Crippen LogP contribution is 2.32. The van der Waals surface area contributed by atoms with Crippen LogP contribution < -0.4 is 5.32 Å². The van der Waals surface area contributed by atoms with Gasteiger partial charge in [-0.2, -0.15) is 5.10 Å². The van der Waals surface area contributed by atoms with E-state index in [0.29, 0.717) is 31.5 Å². The minimum atomic E-state index is -0.698. The quantitative estimate of drug-likeness (QED) is 0.511. The Labute approximate surface area is 212 Å². The SMILES string of the molecule is Cc1n[nH]c(C)c1-c1ccc(NC(=O)[C@H](C2CCCCC2)N(CCCO)C(=O)N2CCCC2=O)cc1. The molecule has 0 radical (unpaired) electrons. The molecule has 2 fully saturated rings. The zero-order valence-electron chi connectivity index (χ0n) is 21.3. The maximum Gasteiger partial charge on any atom is 0.327 e. The first-order chi connectivity index (χ1) is 17.4. The molecule has 1 saturated heterocycles. The van der Waals surface area contributed by atoms with Gasteiger partial charge in [-0.15, -0.1) is 0 Å². The third kappa shape index (κ3) is 5.61. The van der Waals surface area contributed by atoms with Crippen molar-refractivity contribution in [3.8, 4) is 11.1 Å². The molecule has 4 rings (SSSR count). The summed E-state index contributed by atoms with van der Waals surface area (Å²) in [6.07, 6.45) is 6.19. The molecule has 0 spiro atoms. The first-order valence-corrected chi connectivity index (χ1v) is 13.1. The number of anilines is 1. The number of hydrogen-bond donors (Lipinski definition) is 3. The van der Waals surface area contributed by atoms with Crippen molar-refractivity contribution in [1.82, 2.24) is 20.0 Å². The van der Waals surface area contributed by atoms with Crippen LogP contribution in [0.25, 0.3) is 11.1 Å². The van der Waals surface area contributed by atoms with Crippen molar-refractivity contribution in [3.05, 3.63) is 35.7 Å². The van der Waals surface area contributed by atoms with E-state index in [1.165, 1.54) is 9.80 Å². The van der Waals surface area contributed by atoms with Crippen LogP contribution in [-0.2, 0) is 9.59 Å². The first kappa shape index (κ1) is 25.9. The van der Waals surface area contributed by atoms with Gasteiger partial charge in [0, 0.05) is 43.1 Å². The van der Waals surface area contributed by atoms with E-state index in [1.54, 1.807) is 0 Å². The largest absolute Gasteiger partial charge is 0.396 e. The molecule has 3 N–H and O–H groups in total. The van der Waals surface area contributed by atoms with Crippen LogP contribution in [0.4, 0.5) is 10.5 Å². The Bertz CT molecular complexity index is 1050. The number of aromatic nitrogens is 2. The zero-order chi connectivity index (χ0) is 25.7. The Morgan fingerprint density at radius 1 is 1.17 bits per heavy atom. The number of amides is 4. The van der Waals surface area contributed by atoms with Crippen molar-refractivity contribution >= 4 is 23.5 Å². The minimum absolute atomic E-state index is 0.00889. The first-order valence-electron chi connectivity index (χ1n) is 13.1. The number of hydrogen-bond acceptors (Lipinski definition) is 5. The monoisotopic (exact) mass is 495 g/mol. The van der Waals surface area contributed by atoms with E-state index in [-0.39, 0.29) is 30.9 Å². The molecule has 0 bridgehead atoms. The summed E-state index contributed by atoms with van der Waals surface area (Å²) < 4.78 is 0. The number of aromatic amines is 1. The Kier molecular flexibility index (Phi) is 8.40. The Morgan fingerprint density at radius 3 is 2.47 bits per heavy atom. The standard InChI is InChI=1S/C27H37N5O4/c1-18-24(19(2)30-29-18)20-11-13-22(14-12-20)28-26(35)25(21-8-4-3-5-9-21)32(16-7-17-33)27(36)31-15-6-10-23(31)34/h11-14,21,25,33H,3-10,15-17H2,1-2H3,(H,28,35)(H,29,30)/t25-/m0/s1. The van der Waals surface area contributed by atoms with Gasteiger partial charge in [0.2, 0.25) is 11.8 Å². The van der Waals surface area contributed by atoms with Crippen LogP contribution in [0.1, 0.15) is 62.8 Å². The van der Waals surface area contributed by atoms with Crippen molar-refractivity contribution in [3.63, 3.8) is 0 Å². The summed E-state index contributed by atoms with van der Waals surface area (Å²) >= 11 is 0. The molecule has 1 aliphatic heterocycles. The number of carbonyl (C=O) groups is 3. The molecule has 4 amide bonds. The average Bonchev–Trinajstić information content (AvgIpc) is 3.46.